The van der Waals surface area contributed by atoms with Crippen molar-refractivity contribution in [3.63, 3.8) is 0 Å². The summed E-state index contributed by atoms with van der Waals surface area (Å²) in [4.78, 5) is 0.122. The second-order valence-electron chi connectivity index (χ2n) is 9.82. The largest absolute Gasteiger partial charge is 0.379 e. The molecule has 276 valence electrons. The van der Waals surface area contributed by atoms with Gasteiger partial charge in [-0.1, -0.05) is 53.6 Å². The number of alkyl halides is 1. The Morgan fingerprint density at radius 1 is 0.383 bits per heavy atom. The third-order valence-electron chi connectivity index (χ3n) is 6.02. The maximum absolute atomic E-state index is 12.0. The second kappa shape index (κ2) is 35.3. The molecule has 0 aliphatic rings. The average Bonchev–Trinajstić information content (AvgIpc) is 3.08. The molecule has 0 spiro atoms. The minimum Gasteiger partial charge on any atom is -0.379 e. The van der Waals surface area contributed by atoms with Gasteiger partial charge in [-0.15, -0.1) is 0 Å². The van der Waals surface area contributed by atoms with Crippen LogP contribution >= 0.6 is 22.6 Å². The molecule has 1 rings (SSSR count). The molecule has 0 aliphatic heterocycles. The van der Waals surface area contributed by atoms with Crippen LogP contribution in [0, 0.1) is 0 Å². The van der Waals surface area contributed by atoms with Crippen LogP contribution in [0.25, 0.3) is 0 Å². The van der Waals surface area contributed by atoms with Gasteiger partial charge in [-0.25, -0.2) is 0 Å². The van der Waals surface area contributed by atoms with Crippen LogP contribution in [0.5, 0.6) is 0 Å². The van der Waals surface area contributed by atoms with E-state index in [1.807, 2.05) is 0 Å². The highest BCUT2D eigenvalue weighted by atomic mass is 127. The van der Waals surface area contributed by atoms with E-state index in [2.05, 4.69) is 22.6 Å². The molecule has 0 radical (unpaired) electrons. The van der Waals surface area contributed by atoms with Crippen LogP contribution in [0.15, 0.2) is 35.2 Å². The number of halogens is 1. The van der Waals surface area contributed by atoms with Gasteiger partial charge in [0.1, 0.15) is 0 Å². The lowest BCUT2D eigenvalue weighted by atomic mass is 10.2. The molecule has 0 aliphatic carbocycles. The highest BCUT2D eigenvalue weighted by molar-refractivity contribution is 14.1. The van der Waals surface area contributed by atoms with Crippen molar-refractivity contribution < 1.29 is 60.0 Å². The Kier molecular flexibility index (Phi) is 33.4. The normalized spacial score (nSPS) is 11.9. The topological polar surface area (TPSA) is 136 Å². The predicted molar refractivity (Wildman–Crippen MR) is 185 cm³/mol. The fourth-order valence-electron chi connectivity index (χ4n) is 3.59. The van der Waals surface area contributed by atoms with Crippen molar-refractivity contribution in [1.29, 1.82) is 0 Å². The third kappa shape index (κ3) is 31.2. The smallest absolute Gasteiger partial charge is 0.297 e. The molecular formula is C32H57IO13S. The highest BCUT2D eigenvalue weighted by Gasteiger charge is 2.13. The molecule has 15 heteroatoms. The maximum Gasteiger partial charge on any atom is 0.297 e. The van der Waals surface area contributed by atoms with E-state index in [1.54, 1.807) is 18.2 Å². The van der Waals surface area contributed by atoms with E-state index in [4.69, 9.17) is 51.6 Å². The number of unbranched alkanes of at least 4 members (excludes halogenated alkanes) is 3. The van der Waals surface area contributed by atoms with Gasteiger partial charge in [0.15, 0.2) is 0 Å². The van der Waals surface area contributed by atoms with E-state index in [0.29, 0.717) is 119 Å². The van der Waals surface area contributed by atoms with Crippen LogP contribution in [0.1, 0.15) is 25.7 Å². The number of ether oxygens (including phenoxy) is 10. The van der Waals surface area contributed by atoms with Gasteiger partial charge in [0.2, 0.25) is 0 Å². The van der Waals surface area contributed by atoms with E-state index >= 15 is 0 Å². The summed E-state index contributed by atoms with van der Waals surface area (Å²) in [5.41, 5.74) is 0. The number of benzene rings is 1. The quantitative estimate of drug-likeness (QED) is 0.0418. The molecule has 47 heavy (non-hydrogen) atoms. The zero-order valence-corrected chi connectivity index (χ0v) is 30.8. The number of rotatable bonds is 38. The van der Waals surface area contributed by atoms with Gasteiger partial charge < -0.3 is 47.4 Å². The zero-order chi connectivity index (χ0) is 33.8. The van der Waals surface area contributed by atoms with Gasteiger partial charge in [0.25, 0.3) is 10.1 Å². The van der Waals surface area contributed by atoms with E-state index < -0.39 is 10.1 Å². The van der Waals surface area contributed by atoms with Crippen LogP contribution in [-0.4, -0.2) is 152 Å². The average molecular weight is 809 g/mol. The lowest BCUT2D eigenvalue weighted by Crippen LogP contribution is -2.15. The molecule has 0 fully saturated rings. The van der Waals surface area contributed by atoms with Crippen molar-refractivity contribution in [2.75, 3.05) is 143 Å². The molecule has 0 unspecified atom stereocenters. The summed E-state index contributed by atoms with van der Waals surface area (Å²) in [6.45, 7) is 9.78. The van der Waals surface area contributed by atoms with E-state index in [1.165, 1.54) is 35.8 Å². The minimum atomic E-state index is -3.75. The first-order valence-corrected chi connectivity index (χ1v) is 19.4. The van der Waals surface area contributed by atoms with Crippen LogP contribution in [-0.2, 0) is 61.7 Å². The van der Waals surface area contributed by atoms with Gasteiger partial charge in [-0.05, 0) is 29.4 Å². The van der Waals surface area contributed by atoms with E-state index in [-0.39, 0.29) is 18.1 Å². The molecular weight excluding hydrogens is 751 g/mol. The lowest BCUT2D eigenvalue weighted by Gasteiger charge is -2.09. The monoisotopic (exact) mass is 808 g/mol. The van der Waals surface area contributed by atoms with E-state index in [9.17, 15) is 8.42 Å². The van der Waals surface area contributed by atoms with Crippen molar-refractivity contribution in [1.82, 2.24) is 0 Å². The summed E-state index contributed by atoms with van der Waals surface area (Å²) in [7, 11) is -3.75. The molecule has 13 nitrogen and oxygen atoms in total. The molecule has 0 atom stereocenters. The third-order valence-corrected chi connectivity index (χ3v) is 8.11. The van der Waals surface area contributed by atoms with Gasteiger partial charge in [-0.3, -0.25) is 4.18 Å². The molecule has 1 aromatic rings. The van der Waals surface area contributed by atoms with Crippen molar-refractivity contribution >= 4 is 32.7 Å². The van der Waals surface area contributed by atoms with Crippen molar-refractivity contribution in [3.05, 3.63) is 30.3 Å². The molecule has 0 bridgehead atoms. The fraction of sp³-hybridized carbons (Fsp3) is 0.812. The molecule has 0 saturated carbocycles. The Morgan fingerprint density at radius 2 is 0.681 bits per heavy atom. The summed E-state index contributed by atoms with van der Waals surface area (Å²) < 4.78 is 84.7. The number of hydrogen-bond donors (Lipinski definition) is 0. The Bertz CT molecular complexity index is 868. The van der Waals surface area contributed by atoms with Gasteiger partial charge in [0.05, 0.1) is 137 Å². The van der Waals surface area contributed by atoms with E-state index in [0.717, 1.165) is 13.0 Å². The maximum atomic E-state index is 12.0. The Labute approximate surface area is 295 Å². The second-order valence-corrected chi connectivity index (χ2v) is 12.5. The summed E-state index contributed by atoms with van der Waals surface area (Å²) in [6, 6.07) is 7.99. The number of hydrogen-bond acceptors (Lipinski definition) is 13. The highest BCUT2D eigenvalue weighted by Crippen LogP contribution is 2.10. The van der Waals surface area contributed by atoms with Crippen LogP contribution < -0.4 is 0 Å². The minimum absolute atomic E-state index is 0.0559. The van der Waals surface area contributed by atoms with Crippen molar-refractivity contribution in [3.8, 4) is 0 Å². The van der Waals surface area contributed by atoms with Crippen LogP contribution in [0.4, 0.5) is 0 Å². The predicted octanol–water partition coefficient (Wildman–Crippen LogP) is 3.55. The summed E-state index contributed by atoms with van der Waals surface area (Å²) in [5.74, 6) is 0. The van der Waals surface area contributed by atoms with Crippen LogP contribution in [0.3, 0.4) is 0 Å². The SMILES string of the molecule is O=S(=O)(OCCOCCOCCOCCOCCOCCOCCOCCOCCOCCOCCCCCCI)c1ccccc1. The standard InChI is InChI=1S/C32H57IO13S/c33-10-6-1-2-7-11-36-12-13-37-14-15-38-16-17-39-18-19-40-20-21-41-22-23-42-24-25-43-26-27-44-28-29-45-30-31-46-47(34,35)32-8-4-3-5-9-32/h3-5,8-9H,1-2,6-7,10-31H2. The molecule has 0 heterocycles. The van der Waals surface area contributed by atoms with Crippen molar-refractivity contribution in [2.24, 2.45) is 0 Å². The zero-order valence-electron chi connectivity index (χ0n) is 27.9. The summed E-state index contributed by atoms with van der Waals surface area (Å²) in [5, 5.41) is 0. The molecule has 1 aromatic carbocycles. The summed E-state index contributed by atoms with van der Waals surface area (Å²) >= 11 is 2.42. The lowest BCUT2D eigenvalue weighted by molar-refractivity contribution is -0.0267. The molecule has 0 aromatic heterocycles. The molecule has 0 amide bonds. The Morgan fingerprint density at radius 3 is 1.02 bits per heavy atom. The first kappa shape index (κ1) is 44.5. The van der Waals surface area contributed by atoms with Gasteiger partial charge in [-0.2, -0.15) is 8.42 Å². The van der Waals surface area contributed by atoms with Crippen LogP contribution in [0.2, 0.25) is 0 Å². The first-order chi connectivity index (χ1) is 23.2. The van der Waals surface area contributed by atoms with Gasteiger partial charge in [0, 0.05) is 6.61 Å². The molecule has 0 N–H and O–H groups in total. The molecule has 0 saturated heterocycles. The van der Waals surface area contributed by atoms with Crippen molar-refractivity contribution in [2.45, 2.75) is 30.6 Å². The summed E-state index contributed by atoms with van der Waals surface area (Å²) in [6.07, 6.45) is 4.95. The Hall–Kier alpha value is -0.540. The first-order valence-electron chi connectivity index (χ1n) is 16.4. The Balaban J connectivity index is 1.65. The van der Waals surface area contributed by atoms with Gasteiger partial charge >= 0.3 is 0 Å². The fourth-order valence-corrected chi connectivity index (χ4v) is 5.04.